The number of anilines is 1. The molecule has 7 heteroatoms. The van der Waals surface area contributed by atoms with E-state index in [0.717, 1.165) is 37.7 Å². The van der Waals surface area contributed by atoms with Crippen molar-refractivity contribution in [2.75, 3.05) is 5.32 Å². The van der Waals surface area contributed by atoms with Gasteiger partial charge in [0.25, 0.3) is 5.91 Å². The van der Waals surface area contributed by atoms with E-state index in [1.165, 1.54) is 0 Å². The first-order valence-electron chi connectivity index (χ1n) is 9.99. The molecule has 4 rings (SSSR count). The van der Waals surface area contributed by atoms with Crippen LogP contribution in [0.15, 0.2) is 30.5 Å². The number of hydrogen-bond acceptors (Lipinski definition) is 3. The topological polar surface area (TPSA) is 76.0 Å². The van der Waals surface area contributed by atoms with Gasteiger partial charge in [-0.25, -0.2) is 0 Å². The number of aromatic nitrogens is 2. The highest BCUT2D eigenvalue weighted by molar-refractivity contribution is 6.30. The minimum absolute atomic E-state index is 0.0643. The molecule has 2 aliphatic rings. The van der Waals surface area contributed by atoms with Crippen molar-refractivity contribution < 1.29 is 9.59 Å². The quantitative estimate of drug-likeness (QED) is 0.770. The van der Waals surface area contributed by atoms with Crippen LogP contribution in [0.4, 0.5) is 5.69 Å². The van der Waals surface area contributed by atoms with Gasteiger partial charge in [-0.05, 0) is 49.8 Å². The highest BCUT2D eigenvalue weighted by atomic mass is 35.5. The number of amides is 2. The van der Waals surface area contributed by atoms with E-state index >= 15 is 0 Å². The third-order valence-corrected chi connectivity index (χ3v) is 5.93. The van der Waals surface area contributed by atoms with Gasteiger partial charge in [0.2, 0.25) is 5.91 Å². The molecule has 0 spiro atoms. The molecule has 2 N–H and O–H groups in total. The molecule has 6 nitrogen and oxygen atoms in total. The second-order valence-corrected chi connectivity index (χ2v) is 8.13. The fraction of sp³-hybridized carbons (Fsp3) is 0.476. The molecule has 28 heavy (non-hydrogen) atoms. The summed E-state index contributed by atoms with van der Waals surface area (Å²) in [5, 5.41) is 11.0. The van der Waals surface area contributed by atoms with Crippen LogP contribution in [0.3, 0.4) is 0 Å². The molecular weight excluding hydrogens is 376 g/mol. The summed E-state index contributed by atoms with van der Waals surface area (Å²) in [5.41, 5.74) is 1.91. The maximum atomic E-state index is 12.7. The van der Waals surface area contributed by atoms with Gasteiger partial charge in [0, 0.05) is 29.7 Å². The van der Waals surface area contributed by atoms with Crippen molar-refractivity contribution in [2.45, 2.75) is 57.5 Å². The van der Waals surface area contributed by atoms with Crippen molar-refractivity contribution in [1.29, 1.82) is 0 Å². The Morgan fingerprint density at radius 1 is 1.21 bits per heavy atom. The first-order chi connectivity index (χ1) is 13.5. The third-order valence-electron chi connectivity index (χ3n) is 5.67. The summed E-state index contributed by atoms with van der Waals surface area (Å²) in [6, 6.07) is 7.84. The highest BCUT2D eigenvalue weighted by Crippen LogP contribution is 2.48. The van der Waals surface area contributed by atoms with E-state index in [2.05, 4.69) is 15.7 Å². The predicted molar refractivity (Wildman–Crippen MR) is 109 cm³/mol. The van der Waals surface area contributed by atoms with Crippen molar-refractivity contribution in [3.05, 3.63) is 46.7 Å². The molecule has 2 saturated carbocycles. The summed E-state index contributed by atoms with van der Waals surface area (Å²) < 4.78 is 1.68. The summed E-state index contributed by atoms with van der Waals surface area (Å²) in [6.45, 7) is 2.59. The van der Waals surface area contributed by atoms with E-state index in [1.807, 2.05) is 31.2 Å². The van der Waals surface area contributed by atoms with Crippen LogP contribution in [0.1, 0.15) is 61.0 Å². The fourth-order valence-corrected chi connectivity index (χ4v) is 4.08. The van der Waals surface area contributed by atoms with Gasteiger partial charge in [-0.1, -0.05) is 36.6 Å². The summed E-state index contributed by atoms with van der Waals surface area (Å²) in [7, 11) is 0. The standard InChI is InChI=1S/C21H25ClN4O2/c1-2-26-12-18(19(25-26)21(28)23-15-5-3-4-6-15)24-20(27)17-11-16(17)13-7-9-14(22)10-8-13/h7-10,12,15-17H,2-6,11H2,1H3,(H,23,28)(H,24,27)/t16-,17+/m0/s1. The zero-order valence-corrected chi connectivity index (χ0v) is 16.7. The second-order valence-electron chi connectivity index (χ2n) is 7.69. The number of carbonyl (C=O) groups excluding carboxylic acids is 2. The largest absolute Gasteiger partial charge is 0.348 e. The van der Waals surface area contributed by atoms with Crippen molar-refractivity contribution in [2.24, 2.45) is 5.92 Å². The van der Waals surface area contributed by atoms with Gasteiger partial charge in [0.1, 0.15) is 0 Å². The average molecular weight is 401 g/mol. The van der Waals surface area contributed by atoms with Crippen LogP contribution < -0.4 is 10.6 Å². The van der Waals surface area contributed by atoms with Crippen LogP contribution in [-0.2, 0) is 11.3 Å². The second kappa shape index (κ2) is 7.95. The zero-order chi connectivity index (χ0) is 19.7. The summed E-state index contributed by atoms with van der Waals surface area (Å²) in [6.07, 6.45) is 6.84. The van der Waals surface area contributed by atoms with Crippen molar-refractivity contribution in [3.63, 3.8) is 0 Å². The van der Waals surface area contributed by atoms with E-state index in [4.69, 9.17) is 11.6 Å². The van der Waals surface area contributed by atoms with Crippen LogP contribution in [0, 0.1) is 5.92 Å². The molecule has 0 unspecified atom stereocenters. The van der Waals surface area contributed by atoms with E-state index in [9.17, 15) is 9.59 Å². The Hall–Kier alpha value is -2.34. The SMILES string of the molecule is CCn1cc(NC(=O)[C@@H]2C[C@H]2c2ccc(Cl)cc2)c(C(=O)NC2CCCC2)n1. The molecular formula is C21H25ClN4O2. The highest BCUT2D eigenvalue weighted by Gasteiger charge is 2.44. The van der Waals surface area contributed by atoms with Crippen LogP contribution in [0.2, 0.25) is 5.02 Å². The first kappa shape index (κ1) is 19.0. The van der Waals surface area contributed by atoms with E-state index in [-0.39, 0.29) is 29.7 Å². The number of aryl methyl sites for hydroxylation is 1. The molecule has 1 aromatic carbocycles. The van der Waals surface area contributed by atoms with Gasteiger partial charge in [0.05, 0.1) is 5.69 Å². The number of nitrogens with one attached hydrogen (secondary N) is 2. The average Bonchev–Trinajstić information content (AvgIpc) is 3.12. The molecule has 2 amide bonds. The van der Waals surface area contributed by atoms with Gasteiger partial charge in [-0.15, -0.1) is 0 Å². The van der Waals surface area contributed by atoms with E-state index in [0.29, 0.717) is 22.9 Å². The van der Waals surface area contributed by atoms with Crippen LogP contribution in [0.5, 0.6) is 0 Å². The van der Waals surface area contributed by atoms with Crippen LogP contribution in [0.25, 0.3) is 0 Å². The first-order valence-corrected chi connectivity index (χ1v) is 10.4. The van der Waals surface area contributed by atoms with E-state index in [1.54, 1.807) is 10.9 Å². The monoisotopic (exact) mass is 400 g/mol. The summed E-state index contributed by atoms with van der Waals surface area (Å²) >= 11 is 5.94. The van der Waals surface area contributed by atoms with Crippen molar-refractivity contribution >= 4 is 29.1 Å². The molecule has 1 aromatic heterocycles. The Kier molecular flexibility index (Phi) is 5.40. The van der Waals surface area contributed by atoms with Crippen LogP contribution in [-0.4, -0.2) is 27.6 Å². The fourth-order valence-electron chi connectivity index (χ4n) is 3.96. The van der Waals surface area contributed by atoms with Gasteiger partial charge in [0.15, 0.2) is 5.69 Å². The van der Waals surface area contributed by atoms with Gasteiger partial charge in [-0.2, -0.15) is 5.10 Å². The molecule has 148 valence electrons. The molecule has 2 fully saturated rings. The normalized spacial score (nSPS) is 21.5. The van der Waals surface area contributed by atoms with Crippen molar-refractivity contribution in [3.8, 4) is 0 Å². The molecule has 0 bridgehead atoms. The van der Waals surface area contributed by atoms with Crippen molar-refractivity contribution in [1.82, 2.24) is 15.1 Å². The van der Waals surface area contributed by atoms with E-state index < -0.39 is 0 Å². The van der Waals surface area contributed by atoms with Gasteiger partial charge < -0.3 is 10.6 Å². The number of hydrogen-bond donors (Lipinski definition) is 2. The molecule has 2 atom stereocenters. The molecule has 1 heterocycles. The lowest BCUT2D eigenvalue weighted by Gasteiger charge is -2.11. The molecule has 0 radical (unpaired) electrons. The Labute approximate surface area is 169 Å². The molecule has 2 aliphatic carbocycles. The number of rotatable bonds is 6. The lowest BCUT2D eigenvalue weighted by atomic mass is 10.1. The number of benzene rings is 1. The minimum atomic E-state index is -0.209. The maximum absolute atomic E-state index is 12.7. The lowest BCUT2D eigenvalue weighted by Crippen LogP contribution is -2.33. The molecule has 0 saturated heterocycles. The molecule has 2 aromatic rings. The summed E-state index contributed by atoms with van der Waals surface area (Å²) in [4.78, 5) is 25.4. The predicted octanol–water partition coefficient (Wildman–Crippen LogP) is 3.97. The summed E-state index contributed by atoms with van der Waals surface area (Å²) in [5.74, 6) is -0.156. The number of halogens is 1. The maximum Gasteiger partial charge on any atom is 0.274 e. The Balaban J connectivity index is 1.43. The number of nitrogens with zero attached hydrogens (tertiary/aromatic N) is 2. The Morgan fingerprint density at radius 3 is 2.61 bits per heavy atom. The van der Waals surface area contributed by atoms with Gasteiger partial charge in [-0.3, -0.25) is 14.3 Å². The molecule has 0 aliphatic heterocycles. The lowest BCUT2D eigenvalue weighted by molar-refractivity contribution is -0.117. The van der Waals surface area contributed by atoms with Crippen LogP contribution >= 0.6 is 11.6 Å². The minimum Gasteiger partial charge on any atom is -0.348 e. The Morgan fingerprint density at radius 2 is 1.93 bits per heavy atom. The smallest absolute Gasteiger partial charge is 0.274 e. The number of carbonyl (C=O) groups is 2. The Bertz CT molecular complexity index is 871. The third kappa shape index (κ3) is 4.07. The van der Waals surface area contributed by atoms with Gasteiger partial charge >= 0.3 is 0 Å². The zero-order valence-electron chi connectivity index (χ0n) is 16.0.